The maximum atomic E-state index is 13.6. The van der Waals surface area contributed by atoms with Crippen LogP contribution in [0.4, 0.5) is 0 Å². The summed E-state index contributed by atoms with van der Waals surface area (Å²) in [4.78, 5) is 31.6. The van der Waals surface area contributed by atoms with Crippen LogP contribution in [0.5, 0.6) is 5.75 Å². The molecule has 0 saturated carbocycles. The van der Waals surface area contributed by atoms with E-state index in [1.807, 2.05) is 22.4 Å². The molecule has 2 heterocycles. The number of hydrogen-bond donors (Lipinski definition) is 0. The largest absolute Gasteiger partial charge is 0.491 e. The third-order valence-electron chi connectivity index (χ3n) is 6.10. The normalized spacial score (nSPS) is 14.9. The first-order valence-electron chi connectivity index (χ1n) is 11.7. The predicted molar refractivity (Wildman–Crippen MR) is 143 cm³/mol. The van der Waals surface area contributed by atoms with Gasteiger partial charge in [0.15, 0.2) is 0 Å². The molecule has 0 saturated heterocycles. The van der Waals surface area contributed by atoms with Crippen molar-refractivity contribution in [2.75, 3.05) is 40.0 Å². The number of ether oxygens (including phenoxy) is 2. The highest BCUT2D eigenvalue weighted by atomic mass is 35.5. The SMILES string of the molecule is COCCCN(CC(=O)N1CCc2sccc2[C@@H]1COc1ccc(Cl)cc1)C(=O)c1cccc(Cl)c1. The van der Waals surface area contributed by atoms with Gasteiger partial charge in [-0.05, 0) is 72.3 Å². The molecule has 6 nitrogen and oxygen atoms in total. The predicted octanol–water partition coefficient (Wildman–Crippen LogP) is 5.74. The highest BCUT2D eigenvalue weighted by Gasteiger charge is 2.33. The number of nitrogens with zero attached hydrogens (tertiary/aromatic N) is 2. The average molecular weight is 548 g/mol. The van der Waals surface area contributed by atoms with Crippen LogP contribution in [0, 0.1) is 0 Å². The van der Waals surface area contributed by atoms with Crippen molar-refractivity contribution in [1.29, 1.82) is 0 Å². The van der Waals surface area contributed by atoms with Gasteiger partial charge in [-0.1, -0.05) is 29.3 Å². The molecule has 2 amide bonds. The van der Waals surface area contributed by atoms with E-state index in [9.17, 15) is 9.59 Å². The number of hydrogen-bond acceptors (Lipinski definition) is 5. The van der Waals surface area contributed by atoms with Gasteiger partial charge in [-0.3, -0.25) is 9.59 Å². The minimum absolute atomic E-state index is 0.0357. The van der Waals surface area contributed by atoms with E-state index in [0.717, 1.165) is 12.0 Å². The lowest BCUT2D eigenvalue weighted by molar-refractivity contribution is -0.135. The lowest BCUT2D eigenvalue weighted by Crippen LogP contribution is -2.48. The third-order valence-corrected chi connectivity index (χ3v) is 7.58. The molecule has 0 unspecified atom stereocenters. The molecule has 36 heavy (non-hydrogen) atoms. The summed E-state index contributed by atoms with van der Waals surface area (Å²) in [5.41, 5.74) is 1.55. The molecule has 0 spiro atoms. The Bertz CT molecular complexity index is 1180. The number of halogens is 2. The molecule has 1 atom stereocenters. The molecule has 0 N–H and O–H groups in total. The summed E-state index contributed by atoms with van der Waals surface area (Å²) in [6, 6.07) is 15.8. The van der Waals surface area contributed by atoms with Crippen LogP contribution < -0.4 is 4.74 Å². The molecule has 0 aliphatic carbocycles. The van der Waals surface area contributed by atoms with Gasteiger partial charge in [0.1, 0.15) is 18.9 Å². The van der Waals surface area contributed by atoms with Crippen LogP contribution in [0.1, 0.15) is 33.3 Å². The molecule has 4 rings (SSSR count). The van der Waals surface area contributed by atoms with Gasteiger partial charge in [0.2, 0.25) is 5.91 Å². The molecule has 0 fully saturated rings. The van der Waals surface area contributed by atoms with Crippen LogP contribution in [0.15, 0.2) is 60.0 Å². The van der Waals surface area contributed by atoms with Gasteiger partial charge in [0.25, 0.3) is 5.91 Å². The molecule has 190 valence electrons. The van der Waals surface area contributed by atoms with Crippen molar-refractivity contribution in [2.24, 2.45) is 0 Å². The van der Waals surface area contributed by atoms with Gasteiger partial charge in [-0.15, -0.1) is 11.3 Å². The first kappa shape index (κ1) is 26.5. The third kappa shape index (κ3) is 6.59. The Labute approximate surface area is 225 Å². The molecule has 3 aromatic rings. The van der Waals surface area contributed by atoms with Gasteiger partial charge >= 0.3 is 0 Å². The summed E-state index contributed by atoms with van der Waals surface area (Å²) in [5, 5.41) is 3.16. The molecular weight excluding hydrogens is 519 g/mol. The van der Waals surface area contributed by atoms with Crippen molar-refractivity contribution < 1.29 is 19.1 Å². The van der Waals surface area contributed by atoms with Crippen LogP contribution in [0.25, 0.3) is 0 Å². The van der Waals surface area contributed by atoms with E-state index in [1.54, 1.807) is 59.7 Å². The fraction of sp³-hybridized carbons (Fsp3) is 0.333. The second-order valence-electron chi connectivity index (χ2n) is 8.50. The molecule has 1 aromatic heterocycles. The zero-order valence-electron chi connectivity index (χ0n) is 20.0. The van der Waals surface area contributed by atoms with E-state index in [0.29, 0.717) is 54.1 Å². The summed E-state index contributed by atoms with van der Waals surface area (Å²) >= 11 is 13.8. The number of carbonyl (C=O) groups is 2. The fourth-order valence-electron chi connectivity index (χ4n) is 4.29. The minimum Gasteiger partial charge on any atom is -0.491 e. The van der Waals surface area contributed by atoms with Gasteiger partial charge in [-0.25, -0.2) is 0 Å². The Morgan fingerprint density at radius 1 is 1.11 bits per heavy atom. The van der Waals surface area contributed by atoms with Gasteiger partial charge < -0.3 is 19.3 Å². The Morgan fingerprint density at radius 2 is 1.92 bits per heavy atom. The molecule has 9 heteroatoms. The highest BCUT2D eigenvalue weighted by molar-refractivity contribution is 7.10. The maximum Gasteiger partial charge on any atom is 0.254 e. The number of carbonyl (C=O) groups excluding carboxylic acids is 2. The summed E-state index contributed by atoms with van der Waals surface area (Å²) in [7, 11) is 1.62. The summed E-state index contributed by atoms with van der Waals surface area (Å²) in [5.74, 6) is 0.333. The molecule has 1 aliphatic heterocycles. The van der Waals surface area contributed by atoms with Crippen LogP contribution in [-0.2, 0) is 16.0 Å². The Morgan fingerprint density at radius 3 is 2.67 bits per heavy atom. The molecule has 0 bridgehead atoms. The van der Waals surface area contributed by atoms with E-state index in [1.165, 1.54) is 4.88 Å². The molecular formula is C27H28Cl2N2O4S. The Kier molecular flexibility index (Phi) is 9.26. The Hall–Kier alpha value is -2.58. The van der Waals surface area contributed by atoms with Crippen molar-refractivity contribution >= 4 is 46.4 Å². The van der Waals surface area contributed by atoms with Gasteiger partial charge in [0.05, 0.1) is 6.04 Å². The first-order chi connectivity index (χ1) is 17.5. The topological polar surface area (TPSA) is 59.1 Å². The van der Waals surface area contributed by atoms with Crippen LogP contribution >= 0.6 is 34.5 Å². The lowest BCUT2D eigenvalue weighted by Gasteiger charge is -2.37. The van der Waals surface area contributed by atoms with Crippen molar-refractivity contribution in [1.82, 2.24) is 9.80 Å². The Balaban J connectivity index is 1.52. The van der Waals surface area contributed by atoms with E-state index in [4.69, 9.17) is 32.7 Å². The lowest BCUT2D eigenvalue weighted by atomic mass is 10.0. The summed E-state index contributed by atoms with van der Waals surface area (Å²) in [6.07, 6.45) is 1.40. The van der Waals surface area contributed by atoms with Gasteiger partial charge in [-0.2, -0.15) is 0 Å². The molecule has 0 radical (unpaired) electrons. The number of methoxy groups -OCH3 is 1. The quantitative estimate of drug-likeness (QED) is 0.304. The number of rotatable bonds is 10. The standard InChI is InChI=1S/C27H28Cl2N2O4S/c1-34-14-3-12-30(27(33)19-4-2-5-21(29)16-19)17-26(32)31-13-10-25-23(11-15-36-25)24(31)18-35-22-8-6-20(28)7-9-22/h2,4-9,11,15-16,24H,3,10,12-14,17-18H2,1H3/t24-/m0/s1. The van der Waals surface area contributed by atoms with Gasteiger partial charge in [0, 0.05) is 47.3 Å². The second kappa shape index (κ2) is 12.6. The molecule has 1 aliphatic rings. The zero-order valence-corrected chi connectivity index (χ0v) is 22.3. The second-order valence-corrected chi connectivity index (χ2v) is 10.4. The monoisotopic (exact) mass is 546 g/mol. The maximum absolute atomic E-state index is 13.6. The highest BCUT2D eigenvalue weighted by Crippen LogP contribution is 2.34. The van der Waals surface area contributed by atoms with Crippen molar-refractivity contribution in [3.8, 4) is 5.75 Å². The first-order valence-corrected chi connectivity index (χ1v) is 13.4. The van der Waals surface area contributed by atoms with E-state index in [2.05, 4.69) is 6.07 Å². The van der Waals surface area contributed by atoms with Crippen molar-refractivity contribution in [2.45, 2.75) is 18.9 Å². The number of fused-ring (bicyclic) bond motifs is 1. The zero-order chi connectivity index (χ0) is 25.5. The average Bonchev–Trinajstić information content (AvgIpc) is 3.36. The van der Waals surface area contributed by atoms with E-state index < -0.39 is 0 Å². The van der Waals surface area contributed by atoms with Crippen LogP contribution in [-0.4, -0.2) is 61.6 Å². The van der Waals surface area contributed by atoms with Crippen molar-refractivity contribution in [3.63, 3.8) is 0 Å². The molecule has 2 aromatic carbocycles. The van der Waals surface area contributed by atoms with E-state index in [-0.39, 0.29) is 24.4 Å². The van der Waals surface area contributed by atoms with E-state index >= 15 is 0 Å². The minimum atomic E-state index is -0.245. The summed E-state index contributed by atoms with van der Waals surface area (Å²) in [6.45, 7) is 1.73. The summed E-state index contributed by atoms with van der Waals surface area (Å²) < 4.78 is 11.2. The van der Waals surface area contributed by atoms with Crippen LogP contribution in [0.2, 0.25) is 10.0 Å². The number of benzene rings is 2. The smallest absolute Gasteiger partial charge is 0.254 e. The number of amides is 2. The fourth-order valence-corrected chi connectivity index (χ4v) is 5.54. The van der Waals surface area contributed by atoms with Crippen LogP contribution in [0.3, 0.4) is 0 Å². The van der Waals surface area contributed by atoms with Crippen molar-refractivity contribution in [3.05, 3.63) is 86.0 Å². The number of thiophene rings is 1.